The normalized spacial score (nSPS) is 10.3. The van der Waals surface area contributed by atoms with Crippen LogP contribution >= 0.6 is 27.5 Å². The van der Waals surface area contributed by atoms with E-state index in [2.05, 4.69) is 21.2 Å². The fourth-order valence-electron chi connectivity index (χ4n) is 1.84. The number of hydrogen-bond donors (Lipinski definition) is 2. The van der Waals surface area contributed by atoms with Gasteiger partial charge in [0.1, 0.15) is 0 Å². The summed E-state index contributed by atoms with van der Waals surface area (Å²) in [6.07, 6.45) is 0.831. The molecule has 1 amide bonds. The quantitative estimate of drug-likeness (QED) is 0.798. The Bertz CT molecular complexity index is 658. The Hall–Kier alpha value is -1.52. The summed E-state index contributed by atoms with van der Waals surface area (Å²) in [5.74, 6) is -0.205. The molecule has 0 saturated carbocycles. The molecule has 104 valence electrons. The van der Waals surface area contributed by atoms with Gasteiger partial charge in [-0.25, -0.2) is 0 Å². The largest absolute Gasteiger partial charge is 0.398 e. The van der Waals surface area contributed by atoms with E-state index < -0.39 is 0 Å². The highest BCUT2D eigenvalue weighted by molar-refractivity contribution is 9.10. The molecule has 20 heavy (non-hydrogen) atoms. The van der Waals surface area contributed by atoms with E-state index in [0.29, 0.717) is 16.3 Å². The second-order valence-corrected chi connectivity index (χ2v) is 5.67. The summed E-state index contributed by atoms with van der Waals surface area (Å²) in [7, 11) is 0. The number of hydrogen-bond acceptors (Lipinski definition) is 2. The maximum absolute atomic E-state index is 12.2. The first-order chi connectivity index (χ1) is 9.51. The highest BCUT2D eigenvalue weighted by Gasteiger charge is 2.10. The van der Waals surface area contributed by atoms with E-state index in [1.165, 1.54) is 0 Å². The van der Waals surface area contributed by atoms with Crippen molar-refractivity contribution in [2.24, 2.45) is 0 Å². The van der Waals surface area contributed by atoms with Gasteiger partial charge in [0.2, 0.25) is 0 Å². The minimum Gasteiger partial charge on any atom is -0.398 e. The van der Waals surface area contributed by atoms with E-state index in [1.54, 1.807) is 18.2 Å². The lowest BCUT2D eigenvalue weighted by molar-refractivity contribution is 0.102. The lowest BCUT2D eigenvalue weighted by Gasteiger charge is -2.11. The van der Waals surface area contributed by atoms with Crippen molar-refractivity contribution >= 4 is 44.8 Å². The first kappa shape index (κ1) is 14.9. The van der Waals surface area contributed by atoms with Gasteiger partial charge in [-0.15, -0.1) is 0 Å². The smallest absolute Gasteiger partial charge is 0.255 e. The molecule has 2 aromatic rings. The topological polar surface area (TPSA) is 55.1 Å². The van der Waals surface area contributed by atoms with Crippen molar-refractivity contribution < 1.29 is 4.79 Å². The van der Waals surface area contributed by atoms with E-state index in [9.17, 15) is 4.79 Å². The second-order valence-electron chi connectivity index (χ2n) is 4.35. The van der Waals surface area contributed by atoms with Gasteiger partial charge in [0.05, 0.1) is 10.7 Å². The van der Waals surface area contributed by atoms with Gasteiger partial charge in [-0.1, -0.05) is 34.5 Å². The molecule has 3 N–H and O–H groups in total. The van der Waals surface area contributed by atoms with Crippen molar-refractivity contribution in [3.05, 3.63) is 57.0 Å². The zero-order valence-electron chi connectivity index (χ0n) is 10.9. The molecule has 0 unspecified atom stereocenters. The van der Waals surface area contributed by atoms with Crippen molar-refractivity contribution in [2.75, 3.05) is 11.1 Å². The number of carbonyl (C=O) groups is 1. The molecule has 2 rings (SSSR count). The Morgan fingerprint density at radius 3 is 2.70 bits per heavy atom. The summed E-state index contributed by atoms with van der Waals surface area (Å²) in [4.78, 5) is 12.2. The van der Waals surface area contributed by atoms with E-state index in [0.717, 1.165) is 22.1 Å². The zero-order valence-corrected chi connectivity index (χ0v) is 13.3. The van der Waals surface area contributed by atoms with Crippen LogP contribution in [0.4, 0.5) is 11.4 Å². The number of amides is 1. The van der Waals surface area contributed by atoms with Crippen LogP contribution in [0.2, 0.25) is 5.02 Å². The molecule has 0 saturated heterocycles. The Morgan fingerprint density at radius 2 is 2.05 bits per heavy atom. The predicted molar refractivity (Wildman–Crippen MR) is 87.3 cm³/mol. The van der Waals surface area contributed by atoms with Gasteiger partial charge in [-0.2, -0.15) is 0 Å². The summed E-state index contributed by atoms with van der Waals surface area (Å²) in [6.45, 7) is 2.04. The van der Waals surface area contributed by atoms with Crippen LogP contribution in [-0.2, 0) is 6.42 Å². The van der Waals surface area contributed by atoms with Crippen LogP contribution in [0, 0.1) is 0 Å². The maximum atomic E-state index is 12.2. The monoisotopic (exact) mass is 352 g/mol. The van der Waals surface area contributed by atoms with Gasteiger partial charge in [0.25, 0.3) is 5.91 Å². The fraction of sp³-hybridized carbons (Fsp3) is 0.133. The van der Waals surface area contributed by atoms with Gasteiger partial charge in [0, 0.05) is 15.7 Å². The Kier molecular flexibility index (Phi) is 4.68. The lowest BCUT2D eigenvalue weighted by atomic mass is 10.1. The van der Waals surface area contributed by atoms with Crippen LogP contribution in [0.5, 0.6) is 0 Å². The predicted octanol–water partition coefficient (Wildman–Crippen LogP) is 4.50. The van der Waals surface area contributed by atoms with Crippen molar-refractivity contribution in [1.29, 1.82) is 0 Å². The third kappa shape index (κ3) is 3.32. The molecule has 0 radical (unpaired) electrons. The number of halogens is 2. The molecule has 0 bridgehead atoms. The summed E-state index contributed by atoms with van der Waals surface area (Å²) >= 11 is 9.35. The summed E-state index contributed by atoms with van der Waals surface area (Å²) in [5.41, 5.74) is 8.44. The summed E-state index contributed by atoms with van der Waals surface area (Å²) in [6, 6.07) is 10.6. The van der Waals surface area contributed by atoms with Crippen molar-refractivity contribution in [3.63, 3.8) is 0 Å². The van der Waals surface area contributed by atoms with E-state index in [-0.39, 0.29) is 5.91 Å². The van der Waals surface area contributed by atoms with Crippen molar-refractivity contribution in [1.82, 2.24) is 0 Å². The molecule has 0 heterocycles. The lowest BCUT2D eigenvalue weighted by Crippen LogP contribution is -2.13. The highest BCUT2D eigenvalue weighted by atomic mass is 79.9. The summed E-state index contributed by atoms with van der Waals surface area (Å²) in [5, 5.41) is 3.27. The number of rotatable bonds is 3. The SMILES string of the molecule is CCc1cc(Br)ccc1NC(=O)c1ccc(N)c(Cl)c1. The molecule has 0 aliphatic carbocycles. The van der Waals surface area contributed by atoms with Crippen LogP contribution in [-0.4, -0.2) is 5.91 Å². The second kappa shape index (κ2) is 6.29. The first-order valence-electron chi connectivity index (χ1n) is 6.16. The average Bonchev–Trinajstić information content (AvgIpc) is 2.43. The molecular weight excluding hydrogens is 340 g/mol. The van der Waals surface area contributed by atoms with Crippen LogP contribution < -0.4 is 11.1 Å². The molecule has 2 aromatic carbocycles. The fourth-order valence-corrected chi connectivity index (χ4v) is 2.43. The highest BCUT2D eigenvalue weighted by Crippen LogP contribution is 2.24. The van der Waals surface area contributed by atoms with Gasteiger partial charge >= 0.3 is 0 Å². The number of nitrogens with one attached hydrogen (secondary N) is 1. The van der Waals surface area contributed by atoms with Crippen LogP contribution in [0.3, 0.4) is 0 Å². The van der Waals surface area contributed by atoms with Crippen molar-refractivity contribution in [2.45, 2.75) is 13.3 Å². The third-order valence-corrected chi connectivity index (χ3v) is 3.78. The number of aryl methyl sites for hydroxylation is 1. The minimum atomic E-state index is -0.205. The number of anilines is 2. The number of nitrogens with two attached hydrogens (primary N) is 1. The van der Waals surface area contributed by atoms with Gasteiger partial charge < -0.3 is 11.1 Å². The average molecular weight is 354 g/mol. The standard InChI is InChI=1S/C15H14BrClN2O/c1-2-9-7-11(16)4-6-14(9)19-15(20)10-3-5-13(18)12(17)8-10/h3-8H,2,18H2,1H3,(H,19,20). The molecule has 0 atom stereocenters. The molecule has 0 aliphatic rings. The van der Waals surface area contributed by atoms with E-state index in [1.807, 2.05) is 25.1 Å². The zero-order chi connectivity index (χ0) is 14.7. The van der Waals surface area contributed by atoms with Gasteiger partial charge in [-0.05, 0) is 48.4 Å². The van der Waals surface area contributed by atoms with E-state index in [4.69, 9.17) is 17.3 Å². The maximum Gasteiger partial charge on any atom is 0.255 e. The Morgan fingerprint density at radius 1 is 1.30 bits per heavy atom. The van der Waals surface area contributed by atoms with Crippen LogP contribution in [0.15, 0.2) is 40.9 Å². The Labute approximate surface area is 131 Å². The first-order valence-corrected chi connectivity index (χ1v) is 7.33. The summed E-state index contributed by atoms with van der Waals surface area (Å²) < 4.78 is 0.989. The molecule has 0 spiro atoms. The van der Waals surface area contributed by atoms with Crippen LogP contribution in [0.25, 0.3) is 0 Å². The minimum absolute atomic E-state index is 0.205. The molecule has 3 nitrogen and oxygen atoms in total. The van der Waals surface area contributed by atoms with Gasteiger partial charge in [-0.3, -0.25) is 4.79 Å². The molecule has 0 aliphatic heterocycles. The third-order valence-electron chi connectivity index (χ3n) is 2.96. The molecular formula is C15H14BrClN2O. The number of carbonyl (C=O) groups excluding carboxylic acids is 1. The van der Waals surface area contributed by atoms with Crippen molar-refractivity contribution in [3.8, 4) is 0 Å². The number of nitrogen functional groups attached to an aromatic ring is 1. The molecule has 0 aromatic heterocycles. The van der Waals surface area contributed by atoms with E-state index >= 15 is 0 Å². The molecule has 0 fully saturated rings. The van der Waals surface area contributed by atoms with Gasteiger partial charge in [0.15, 0.2) is 0 Å². The molecule has 5 heteroatoms. The Balaban J connectivity index is 2.25. The number of benzene rings is 2. The van der Waals surface area contributed by atoms with Crippen LogP contribution in [0.1, 0.15) is 22.8 Å².